The van der Waals surface area contributed by atoms with Gasteiger partial charge in [-0.2, -0.15) is 5.10 Å². The molecule has 0 atom stereocenters. The van der Waals surface area contributed by atoms with Crippen LogP contribution in [0.3, 0.4) is 0 Å². The van der Waals surface area contributed by atoms with Crippen molar-refractivity contribution in [3.8, 4) is 17.2 Å². The molecule has 14 heteroatoms. The Hall–Kier alpha value is -5.76. The van der Waals surface area contributed by atoms with Crippen molar-refractivity contribution < 1.29 is 27.5 Å². The number of carbonyl (C=O) groups excluding carboxylic acids is 3. The first-order valence-corrected chi connectivity index (χ1v) is 16.1. The Kier molecular flexibility index (Phi) is 9.28. The second-order valence-corrected chi connectivity index (χ2v) is 12.7. The van der Waals surface area contributed by atoms with Crippen LogP contribution in [0.5, 0.6) is 11.5 Å². The van der Waals surface area contributed by atoms with Gasteiger partial charge in [-0.05, 0) is 44.2 Å². The summed E-state index contributed by atoms with van der Waals surface area (Å²) in [6.45, 7) is 3.42. The van der Waals surface area contributed by atoms with Gasteiger partial charge in [0.15, 0.2) is 9.84 Å². The van der Waals surface area contributed by atoms with Crippen molar-refractivity contribution in [1.29, 1.82) is 0 Å². The van der Waals surface area contributed by atoms with Gasteiger partial charge in [0.2, 0.25) is 11.8 Å². The zero-order valence-corrected chi connectivity index (χ0v) is 26.0. The highest BCUT2D eigenvalue weighted by Crippen LogP contribution is 2.35. The molecule has 0 spiro atoms. The number of ether oxygens (including phenoxy) is 1. The smallest absolute Gasteiger partial charge is 0.324 e. The highest BCUT2D eigenvalue weighted by atomic mass is 32.2. The number of hydrogen-bond acceptors (Lipinski definition) is 8. The Labute approximate surface area is 264 Å². The van der Waals surface area contributed by atoms with Crippen molar-refractivity contribution in [2.45, 2.75) is 13.8 Å². The Balaban J connectivity index is 1.27. The average molecular weight is 642 g/mol. The summed E-state index contributed by atoms with van der Waals surface area (Å²) in [5, 5.41) is 16.6. The SMILES string of the molecule is Cc1ccc(-n2nc(C)cc2NC(=O)Nc2ccc(Oc3ccnc(NC(=O)CNC(=O)CS(C)(=O)=O)c3)c3ccccc23)cc1. The number of aryl methyl sites for hydroxylation is 2. The molecule has 0 saturated carbocycles. The largest absolute Gasteiger partial charge is 0.457 e. The summed E-state index contributed by atoms with van der Waals surface area (Å²) in [5.74, 6) is -0.550. The molecule has 4 N–H and O–H groups in total. The maximum atomic E-state index is 13.1. The van der Waals surface area contributed by atoms with Crippen LogP contribution >= 0.6 is 0 Å². The zero-order chi connectivity index (χ0) is 32.8. The molecule has 13 nitrogen and oxygen atoms in total. The molecule has 0 unspecified atom stereocenters. The molecular formula is C32H31N7O6S. The molecule has 0 aliphatic rings. The van der Waals surface area contributed by atoms with Crippen molar-refractivity contribution in [3.05, 3.63) is 96.3 Å². The first-order valence-electron chi connectivity index (χ1n) is 14.1. The molecule has 2 heterocycles. The van der Waals surface area contributed by atoms with Gasteiger partial charge in [0, 0.05) is 35.4 Å². The maximum absolute atomic E-state index is 13.1. The Morgan fingerprint density at radius 1 is 0.848 bits per heavy atom. The lowest BCUT2D eigenvalue weighted by molar-refractivity contribution is -0.122. The monoisotopic (exact) mass is 641 g/mol. The van der Waals surface area contributed by atoms with Crippen LogP contribution in [0.1, 0.15) is 11.3 Å². The number of hydrogen-bond donors (Lipinski definition) is 4. The third-order valence-corrected chi connectivity index (χ3v) is 7.34. The van der Waals surface area contributed by atoms with E-state index in [1.807, 2.05) is 62.4 Å². The number of benzene rings is 3. The lowest BCUT2D eigenvalue weighted by Gasteiger charge is -2.15. The highest BCUT2D eigenvalue weighted by Gasteiger charge is 2.15. The molecule has 3 aromatic carbocycles. The van der Waals surface area contributed by atoms with Gasteiger partial charge in [-0.1, -0.05) is 42.0 Å². The predicted molar refractivity (Wildman–Crippen MR) is 175 cm³/mol. The van der Waals surface area contributed by atoms with Crippen LogP contribution in [0, 0.1) is 13.8 Å². The molecule has 0 bridgehead atoms. The van der Waals surface area contributed by atoms with Crippen LogP contribution in [0.2, 0.25) is 0 Å². The van der Waals surface area contributed by atoms with Crippen molar-refractivity contribution in [3.63, 3.8) is 0 Å². The maximum Gasteiger partial charge on any atom is 0.324 e. The van der Waals surface area contributed by atoms with E-state index in [1.165, 1.54) is 12.3 Å². The van der Waals surface area contributed by atoms with Crippen LogP contribution in [-0.2, 0) is 19.4 Å². The first-order chi connectivity index (χ1) is 21.9. The second kappa shape index (κ2) is 13.5. The average Bonchev–Trinajstić information content (AvgIpc) is 3.36. The van der Waals surface area contributed by atoms with E-state index < -0.39 is 40.0 Å². The fourth-order valence-electron chi connectivity index (χ4n) is 4.54. The van der Waals surface area contributed by atoms with Gasteiger partial charge in [0.25, 0.3) is 0 Å². The summed E-state index contributed by atoms with van der Waals surface area (Å²) in [6, 6.07) is 23.1. The van der Waals surface area contributed by atoms with E-state index in [1.54, 1.807) is 28.9 Å². The number of pyridine rings is 1. The van der Waals surface area contributed by atoms with E-state index in [2.05, 4.69) is 31.3 Å². The Morgan fingerprint density at radius 3 is 2.33 bits per heavy atom. The highest BCUT2D eigenvalue weighted by molar-refractivity contribution is 7.91. The molecule has 5 aromatic rings. The number of anilines is 3. The number of fused-ring (bicyclic) bond motifs is 1. The molecule has 236 valence electrons. The third-order valence-electron chi connectivity index (χ3n) is 6.55. The molecule has 0 aliphatic heterocycles. The van der Waals surface area contributed by atoms with Gasteiger partial charge in [0.1, 0.15) is 28.9 Å². The van der Waals surface area contributed by atoms with Crippen LogP contribution in [-0.4, -0.2) is 59.6 Å². The summed E-state index contributed by atoms with van der Waals surface area (Å²) in [5.41, 5.74) is 3.23. The molecule has 2 aromatic heterocycles. The van der Waals surface area contributed by atoms with Gasteiger partial charge in [-0.15, -0.1) is 0 Å². The summed E-state index contributed by atoms with van der Waals surface area (Å²) < 4.78 is 30.3. The summed E-state index contributed by atoms with van der Waals surface area (Å²) >= 11 is 0. The van der Waals surface area contributed by atoms with E-state index >= 15 is 0 Å². The number of urea groups is 1. The predicted octanol–water partition coefficient (Wildman–Crippen LogP) is 4.57. The van der Waals surface area contributed by atoms with Crippen LogP contribution in [0.15, 0.2) is 85.1 Å². The molecule has 5 rings (SSSR count). The minimum atomic E-state index is -3.51. The van der Waals surface area contributed by atoms with Crippen LogP contribution in [0.4, 0.5) is 22.1 Å². The molecule has 0 aliphatic carbocycles. The van der Waals surface area contributed by atoms with E-state index in [9.17, 15) is 22.8 Å². The third kappa shape index (κ3) is 8.24. The fraction of sp³-hybridized carbons (Fsp3) is 0.156. The lowest BCUT2D eigenvalue weighted by Crippen LogP contribution is -2.36. The van der Waals surface area contributed by atoms with E-state index in [4.69, 9.17) is 4.74 Å². The van der Waals surface area contributed by atoms with Gasteiger partial charge in [-0.3, -0.25) is 14.9 Å². The quantitative estimate of drug-likeness (QED) is 0.172. The number of nitrogens with zero attached hydrogens (tertiary/aromatic N) is 3. The summed E-state index contributed by atoms with van der Waals surface area (Å²) in [6.07, 6.45) is 2.37. The number of amides is 4. The number of aromatic nitrogens is 3. The van der Waals surface area contributed by atoms with Gasteiger partial charge in [-0.25, -0.2) is 22.9 Å². The van der Waals surface area contributed by atoms with E-state index in [0.29, 0.717) is 23.0 Å². The molecule has 0 radical (unpaired) electrons. The summed E-state index contributed by atoms with van der Waals surface area (Å²) in [7, 11) is -3.51. The Bertz CT molecular complexity index is 2040. The van der Waals surface area contributed by atoms with Gasteiger partial charge >= 0.3 is 6.03 Å². The normalized spacial score (nSPS) is 11.1. The molecule has 0 fully saturated rings. The second-order valence-electron chi connectivity index (χ2n) is 10.5. The van der Waals surface area contributed by atoms with Gasteiger partial charge in [0.05, 0.1) is 23.6 Å². The van der Waals surface area contributed by atoms with Crippen molar-refractivity contribution in [2.24, 2.45) is 0 Å². The standard InChI is InChI=1S/C32H31N7O6S/c1-20-8-10-22(11-9-20)39-29(16-21(2)38-39)37-32(42)35-26-12-13-27(25-7-5-4-6-24(25)26)45-23-14-15-33-28(17-23)36-30(40)18-34-31(41)19-46(3,43)44/h4-17H,18-19H2,1-3H3,(H,34,41)(H,33,36,40)(H2,35,37,42). The van der Waals surface area contributed by atoms with Crippen LogP contribution < -0.4 is 26.0 Å². The number of carbonyl (C=O) groups is 3. The minimum Gasteiger partial charge on any atom is -0.457 e. The fourth-order valence-corrected chi connectivity index (χ4v) is 5.11. The topological polar surface area (TPSA) is 173 Å². The van der Waals surface area contributed by atoms with Crippen molar-refractivity contribution >= 4 is 55.8 Å². The Morgan fingerprint density at radius 2 is 1.59 bits per heavy atom. The number of sulfone groups is 1. The molecule has 0 saturated heterocycles. The first kappa shape index (κ1) is 31.7. The van der Waals surface area contributed by atoms with Gasteiger partial charge < -0.3 is 20.7 Å². The van der Waals surface area contributed by atoms with Crippen LogP contribution in [0.25, 0.3) is 16.5 Å². The van der Waals surface area contributed by atoms with Crippen molar-refractivity contribution in [2.75, 3.05) is 34.5 Å². The van der Waals surface area contributed by atoms with E-state index in [0.717, 1.165) is 34.0 Å². The molecule has 4 amide bonds. The molecule has 46 heavy (non-hydrogen) atoms. The number of rotatable bonds is 10. The minimum absolute atomic E-state index is 0.166. The summed E-state index contributed by atoms with van der Waals surface area (Å²) in [4.78, 5) is 41.2. The number of nitrogens with one attached hydrogen (secondary N) is 4. The molecular weight excluding hydrogens is 610 g/mol. The lowest BCUT2D eigenvalue weighted by atomic mass is 10.1. The van der Waals surface area contributed by atoms with E-state index in [-0.39, 0.29) is 5.82 Å². The van der Waals surface area contributed by atoms with Crippen molar-refractivity contribution in [1.82, 2.24) is 20.1 Å². The zero-order valence-electron chi connectivity index (χ0n) is 25.2.